The summed E-state index contributed by atoms with van der Waals surface area (Å²) in [4.78, 5) is 12.1. The summed E-state index contributed by atoms with van der Waals surface area (Å²) in [7, 11) is 0. The Kier molecular flexibility index (Phi) is 4.13. The highest BCUT2D eigenvalue weighted by atomic mass is 19.1. The van der Waals surface area contributed by atoms with Gasteiger partial charge in [0.05, 0.1) is 17.6 Å². The van der Waals surface area contributed by atoms with Crippen LogP contribution in [0.2, 0.25) is 0 Å². The van der Waals surface area contributed by atoms with E-state index in [0.29, 0.717) is 17.8 Å². The number of rotatable bonds is 2. The SMILES string of the molecule is Cc1c(F)cc(C#N)cc1NC(=O)[C@@H]1CCCNC1. The van der Waals surface area contributed by atoms with Crippen molar-refractivity contribution < 1.29 is 9.18 Å². The van der Waals surface area contributed by atoms with Crippen LogP contribution in [0.15, 0.2) is 12.1 Å². The van der Waals surface area contributed by atoms with Crippen LogP contribution in [0.3, 0.4) is 0 Å². The number of hydrogen-bond donors (Lipinski definition) is 2. The Balaban J connectivity index is 2.16. The number of amides is 1. The molecule has 5 heteroatoms. The fourth-order valence-electron chi connectivity index (χ4n) is 2.18. The van der Waals surface area contributed by atoms with Gasteiger partial charge in [-0.15, -0.1) is 0 Å². The largest absolute Gasteiger partial charge is 0.325 e. The second-order valence-corrected chi connectivity index (χ2v) is 4.77. The first-order valence-electron chi connectivity index (χ1n) is 6.33. The highest BCUT2D eigenvalue weighted by Gasteiger charge is 2.21. The third-order valence-electron chi connectivity index (χ3n) is 3.40. The summed E-state index contributed by atoms with van der Waals surface area (Å²) < 4.78 is 13.6. The van der Waals surface area contributed by atoms with E-state index in [2.05, 4.69) is 10.6 Å². The lowest BCUT2D eigenvalue weighted by atomic mass is 9.98. The number of carbonyl (C=O) groups excluding carboxylic acids is 1. The minimum absolute atomic E-state index is 0.0954. The second-order valence-electron chi connectivity index (χ2n) is 4.77. The van der Waals surface area contributed by atoms with Gasteiger partial charge in [-0.05, 0) is 38.4 Å². The molecule has 1 fully saturated rings. The number of carbonyl (C=O) groups is 1. The van der Waals surface area contributed by atoms with Crippen LogP contribution in [0.4, 0.5) is 10.1 Å². The molecule has 0 spiro atoms. The lowest BCUT2D eigenvalue weighted by Crippen LogP contribution is -2.37. The zero-order valence-electron chi connectivity index (χ0n) is 10.8. The number of nitrogens with zero attached hydrogens (tertiary/aromatic N) is 1. The molecule has 1 aliphatic rings. The molecule has 4 nitrogen and oxygen atoms in total. The van der Waals surface area contributed by atoms with E-state index in [0.717, 1.165) is 19.4 Å². The molecule has 1 saturated heterocycles. The number of piperidine rings is 1. The smallest absolute Gasteiger partial charge is 0.228 e. The molecule has 1 aromatic carbocycles. The lowest BCUT2D eigenvalue weighted by Gasteiger charge is -2.22. The minimum Gasteiger partial charge on any atom is -0.325 e. The maximum absolute atomic E-state index is 13.6. The van der Waals surface area contributed by atoms with Crippen molar-refractivity contribution in [2.24, 2.45) is 5.92 Å². The lowest BCUT2D eigenvalue weighted by molar-refractivity contribution is -0.120. The van der Waals surface area contributed by atoms with Crippen LogP contribution >= 0.6 is 0 Å². The van der Waals surface area contributed by atoms with E-state index >= 15 is 0 Å². The van der Waals surface area contributed by atoms with Crippen molar-refractivity contribution in [2.75, 3.05) is 18.4 Å². The topological polar surface area (TPSA) is 64.9 Å². The zero-order chi connectivity index (χ0) is 13.8. The summed E-state index contributed by atoms with van der Waals surface area (Å²) in [6.07, 6.45) is 1.79. The monoisotopic (exact) mass is 261 g/mol. The van der Waals surface area contributed by atoms with Gasteiger partial charge in [-0.3, -0.25) is 4.79 Å². The van der Waals surface area contributed by atoms with Crippen LogP contribution in [0, 0.1) is 30.0 Å². The number of benzene rings is 1. The van der Waals surface area contributed by atoms with E-state index in [4.69, 9.17) is 5.26 Å². The van der Waals surface area contributed by atoms with Crippen molar-refractivity contribution in [3.63, 3.8) is 0 Å². The summed E-state index contributed by atoms with van der Waals surface area (Å²) >= 11 is 0. The predicted molar refractivity (Wildman–Crippen MR) is 70.1 cm³/mol. The van der Waals surface area contributed by atoms with E-state index in [1.165, 1.54) is 12.1 Å². The van der Waals surface area contributed by atoms with Gasteiger partial charge in [0.25, 0.3) is 0 Å². The number of hydrogen-bond acceptors (Lipinski definition) is 3. The summed E-state index contributed by atoms with van der Waals surface area (Å²) in [5.74, 6) is -0.692. The zero-order valence-corrected chi connectivity index (χ0v) is 10.8. The molecule has 1 amide bonds. The fourth-order valence-corrected chi connectivity index (χ4v) is 2.18. The van der Waals surface area contributed by atoms with Gasteiger partial charge in [-0.1, -0.05) is 0 Å². The number of nitrogens with one attached hydrogen (secondary N) is 2. The average Bonchev–Trinajstić information content (AvgIpc) is 2.44. The standard InChI is InChI=1S/C14H16FN3O/c1-9-12(15)5-10(7-16)6-13(9)18-14(19)11-3-2-4-17-8-11/h5-6,11,17H,2-4,8H2,1H3,(H,18,19)/t11-/m1/s1. The Morgan fingerprint density at radius 3 is 3.00 bits per heavy atom. The quantitative estimate of drug-likeness (QED) is 0.855. The maximum atomic E-state index is 13.6. The molecule has 1 heterocycles. The van der Waals surface area contributed by atoms with Gasteiger partial charge >= 0.3 is 0 Å². The molecule has 1 atom stereocenters. The van der Waals surface area contributed by atoms with E-state index in [1.807, 2.05) is 6.07 Å². The van der Waals surface area contributed by atoms with Gasteiger partial charge in [0.15, 0.2) is 0 Å². The van der Waals surface area contributed by atoms with Crippen molar-refractivity contribution >= 4 is 11.6 Å². The first-order chi connectivity index (χ1) is 9.11. The molecule has 2 rings (SSSR count). The van der Waals surface area contributed by atoms with Crippen molar-refractivity contribution in [2.45, 2.75) is 19.8 Å². The molecule has 19 heavy (non-hydrogen) atoms. The summed E-state index contributed by atoms with van der Waals surface area (Å²) in [6.45, 7) is 3.16. The molecule has 1 aromatic rings. The predicted octanol–water partition coefficient (Wildman–Crippen LogP) is 1.94. The molecule has 0 aliphatic carbocycles. The Bertz CT molecular complexity index is 530. The highest BCUT2D eigenvalue weighted by molar-refractivity contribution is 5.93. The Morgan fingerprint density at radius 2 is 2.37 bits per heavy atom. The van der Waals surface area contributed by atoms with Gasteiger partial charge in [-0.2, -0.15) is 5.26 Å². The van der Waals surface area contributed by atoms with E-state index in [-0.39, 0.29) is 17.4 Å². The highest BCUT2D eigenvalue weighted by Crippen LogP contribution is 2.22. The molecule has 0 aromatic heterocycles. The molecule has 0 unspecified atom stereocenters. The number of halogens is 1. The van der Waals surface area contributed by atoms with Gasteiger partial charge in [0.2, 0.25) is 5.91 Å². The van der Waals surface area contributed by atoms with Crippen molar-refractivity contribution in [1.29, 1.82) is 5.26 Å². The van der Waals surface area contributed by atoms with Gasteiger partial charge in [0.1, 0.15) is 5.82 Å². The second kappa shape index (κ2) is 5.81. The molecule has 2 N–H and O–H groups in total. The number of nitriles is 1. The maximum Gasteiger partial charge on any atom is 0.228 e. The fraction of sp³-hybridized carbons (Fsp3) is 0.429. The first kappa shape index (κ1) is 13.5. The Hall–Kier alpha value is -1.93. The molecular weight excluding hydrogens is 245 g/mol. The normalized spacial score (nSPS) is 18.7. The number of anilines is 1. The van der Waals surface area contributed by atoms with Crippen LogP contribution in [0.1, 0.15) is 24.0 Å². The van der Waals surface area contributed by atoms with E-state index in [1.54, 1.807) is 6.92 Å². The van der Waals surface area contributed by atoms with Crippen LogP contribution in [0.25, 0.3) is 0 Å². The third-order valence-corrected chi connectivity index (χ3v) is 3.40. The van der Waals surface area contributed by atoms with Crippen molar-refractivity contribution in [3.05, 3.63) is 29.1 Å². The Morgan fingerprint density at radius 1 is 1.58 bits per heavy atom. The van der Waals surface area contributed by atoms with Crippen LogP contribution in [-0.4, -0.2) is 19.0 Å². The van der Waals surface area contributed by atoms with E-state index in [9.17, 15) is 9.18 Å². The summed E-state index contributed by atoms with van der Waals surface area (Å²) in [6, 6.07) is 4.56. The molecule has 1 aliphatic heterocycles. The average molecular weight is 261 g/mol. The minimum atomic E-state index is -0.476. The summed E-state index contributed by atoms with van der Waals surface area (Å²) in [5.41, 5.74) is 0.948. The van der Waals surface area contributed by atoms with Crippen molar-refractivity contribution in [1.82, 2.24) is 5.32 Å². The van der Waals surface area contributed by atoms with Crippen molar-refractivity contribution in [3.8, 4) is 6.07 Å². The summed E-state index contributed by atoms with van der Waals surface area (Å²) in [5, 5.41) is 14.7. The molecular formula is C14H16FN3O. The first-order valence-corrected chi connectivity index (χ1v) is 6.33. The molecule has 0 radical (unpaired) electrons. The molecule has 100 valence electrons. The Labute approximate surface area is 111 Å². The third kappa shape index (κ3) is 3.09. The van der Waals surface area contributed by atoms with Gasteiger partial charge in [-0.25, -0.2) is 4.39 Å². The molecule has 0 saturated carbocycles. The van der Waals surface area contributed by atoms with Crippen LogP contribution < -0.4 is 10.6 Å². The van der Waals surface area contributed by atoms with E-state index < -0.39 is 5.82 Å². The van der Waals surface area contributed by atoms with Gasteiger partial charge < -0.3 is 10.6 Å². The van der Waals surface area contributed by atoms with Crippen LogP contribution in [-0.2, 0) is 4.79 Å². The van der Waals surface area contributed by atoms with Crippen LogP contribution in [0.5, 0.6) is 0 Å². The molecule has 0 bridgehead atoms. The van der Waals surface area contributed by atoms with Gasteiger partial charge in [0, 0.05) is 17.8 Å².